The van der Waals surface area contributed by atoms with Gasteiger partial charge in [0.25, 0.3) is 11.8 Å². The van der Waals surface area contributed by atoms with E-state index in [1.165, 1.54) is 37.8 Å². The molecule has 0 bridgehead atoms. The Morgan fingerprint density at radius 3 is 2.21 bits per heavy atom. The van der Waals surface area contributed by atoms with Crippen LogP contribution in [-0.4, -0.2) is 97.0 Å². The molecule has 10 heteroatoms. The zero-order valence-electron chi connectivity index (χ0n) is 22.0. The number of aromatic nitrogens is 1. The largest absolute Gasteiger partial charge is 0.336 e. The lowest BCUT2D eigenvalue weighted by atomic mass is 10.1. The van der Waals surface area contributed by atoms with Gasteiger partial charge in [-0.3, -0.25) is 23.6 Å². The average Bonchev–Trinajstić information content (AvgIpc) is 3.61. The van der Waals surface area contributed by atoms with Crippen molar-refractivity contribution in [2.75, 3.05) is 50.8 Å². The molecule has 2 N–H and O–H groups in total. The highest BCUT2D eigenvalue weighted by Crippen LogP contribution is 2.40. The first kappa shape index (κ1) is 26.3. The minimum Gasteiger partial charge on any atom is -0.336 e. The Morgan fingerprint density at radius 1 is 0.821 bits per heavy atom. The lowest BCUT2D eigenvalue weighted by molar-refractivity contribution is 0.0573. The van der Waals surface area contributed by atoms with Gasteiger partial charge in [0.2, 0.25) is 0 Å². The minimum absolute atomic E-state index is 0.0180. The quantitative estimate of drug-likeness (QED) is 0.489. The van der Waals surface area contributed by atoms with Crippen molar-refractivity contribution in [1.29, 1.82) is 0 Å². The first-order valence-corrected chi connectivity index (χ1v) is 15.7. The molecule has 3 aliphatic rings. The zero-order chi connectivity index (χ0) is 27.1. The molecule has 39 heavy (non-hydrogen) atoms. The summed E-state index contributed by atoms with van der Waals surface area (Å²) in [6.45, 7) is 3.68. The van der Waals surface area contributed by atoms with Crippen LogP contribution in [0.1, 0.15) is 46.5 Å². The second-order valence-electron chi connectivity index (χ2n) is 10.9. The number of halogens is 1. The van der Waals surface area contributed by atoms with Gasteiger partial charge in [-0.15, -0.1) is 0 Å². The lowest BCUT2D eigenvalue weighted by Gasteiger charge is -2.40. The van der Waals surface area contributed by atoms with Crippen LogP contribution in [0.15, 0.2) is 48.5 Å². The van der Waals surface area contributed by atoms with Crippen LogP contribution in [0.3, 0.4) is 0 Å². The van der Waals surface area contributed by atoms with E-state index in [1.807, 2.05) is 17.0 Å². The Labute approximate surface area is 229 Å². The molecule has 3 heterocycles. The predicted molar refractivity (Wildman–Crippen MR) is 151 cm³/mol. The molecule has 2 aromatic carbocycles. The van der Waals surface area contributed by atoms with Gasteiger partial charge in [-0.05, 0) is 55.3 Å². The van der Waals surface area contributed by atoms with Crippen LogP contribution in [0.4, 0.5) is 4.39 Å². The maximum Gasteiger partial charge on any atom is 0.270 e. The number of carbonyl (C=O) groups excluding carboxylic acids is 2. The van der Waals surface area contributed by atoms with Crippen molar-refractivity contribution in [3.05, 3.63) is 65.6 Å². The molecule has 2 saturated heterocycles. The topological polar surface area (TPSA) is 89.2 Å². The van der Waals surface area contributed by atoms with E-state index < -0.39 is 16.4 Å². The van der Waals surface area contributed by atoms with Crippen LogP contribution in [0.2, 0.25) is 0 Å². The van der Waals surface area contributed by atoms with Crippen LogP contribution in [-0.2, 0) is 0 Å². The van der Waals surface area contributed by atoms with Crippen molar-refractivity contribution in [3.63, 3.8) is 0 Å². The predicted octanol–water partition coefficient (Wildman–Crippen LogP) is 4.68. The molecule has 2 aliphatic heterocycles. The number of carbonyl (C=O) groups is 2. The molecule has 0 atom stereocenters. The summed E-state index contributed by atoms with van der Waals surface area (Å²) in [4.78, 5) is 33.1. The van der Waals surface area contributed by atoms with E-state index in [0.717, 1.165) is 18.5 Å². The Morgan fingerprint density at radius 2 is 1.51 bits per heavy atom. The van der Waals surface area contributed by atoms with Crippen LogP contribution < -0.4 is 0 Å². The molecule has 0 spiro atoms. The summed E-state index contributed by atoms with van der Waals surface area (Å²) in [7, 11) is -2.65. The van der Waals surface area contributed by atoms with Crippen molar-refractivity contribution in [3.8, 4) is 5.69 Å². The van der Waals surface area contributed by atoms with Crippen molar-refractivity contribution < 1.29 is 23.1 Å². The van der Waals surface area contributed by atoms with Crippen molar-refractivity contribution in [2.45, 2.75) is 31.7 Å². The van der Waals surface area contributed by atoms with Crippen LogP contribution in [0.25, 0.3) is 16.6 Å². The van der Waals surface area contributed by atoms with E-state index in [0.29, 0.717) is 41.6 Å². The molecule has 0 unspecified atom stereocenters. The summed E-state index contributed by atoms with van der Waals surface area (Å²) in [5.74, 6) is -0.406. The van der Waals surface area contributed by atoms with Gasteiger partial charge in [0, 0.05) is 61.9 Å². The molecule has 2 amide bonds. The van der Waals surface area contributed by atoms with Gasteiger partial charge in [-0.1, -0.05) is 18.9 Å². The van der Waals surface area contributed by atoms with Gasteiger partial charge >= 0.3 is 0 Å². The van der Waals surface area contributed by atoms with Gasteiger partial charge in [-0.25, -0.2) is 4.39 Å². The molecule has 3 fully saturated rings. The highest BCUT2D eigenvalue weighted by atomic mass is 32.3. The highest BCUT2D eigenvalue weighted by Gasteiger charge is 2.30. The maximum absolute atomic E-state index is 14.2. The summed E-state index contributed by atoms with van der Waals surface area (Å²) >= 11 is 0. The number of benzene rings is 2. The maximum atomic E-state index is 14.2. The van der Waals surface area contributed by atoms with Gasteiger partial charge in [0.15, 0.2) is 0 Å². The summed E-state index contributed by atoms with van der Waals surface area (Å²) in [5, 5.41) is 0.722. The van der Waals surface area contributed by atoms with Gasteiger partial charge in [0.1, 0.15) is 11.5 Å². The lowest BCUT2D eigenvalue weighted by Crippen LogP contribution is -2.51. The Hall–Kier alpha value is -2.92. The van der Waals surface area contributed by atoms with Crippen molar-refractivity contribution in [1.82, 2.24) is 19.3 Å². The molecule has 1 aromatic heterocycles. The monoisotopic (exact) mass is 554 g/mol. The Bertz CT molecular complexity index is 1390. The normalized spacial score (nSPS) is 21.4. The second kappa shape index (κ2) is 10.6. The zero-order valence-corrected chi connectivity index (χ0v) is 22.8. The number of hydrogen-bond donors (Lipinski definition) is 2. The molecule has 1 saturated carbocycles. The first-order chi connectivity index (χ1) is 18.8. The summed E-state index contributed by atoms with van der Waals surface area (Å²) in [6.07, 6.45) is 5.11. The smallest absolute Gasteiger partial charge is 0.270 e. The molecule has 6 rings (SSSR count). The molecular weight excluding hydrogens is 519 g/mol. The Kier molecular flexibility index (Phi) is 7.13. The fraction of sp³-hybridized carbons (Fsp3) is 0.448. The van der Waals surface area contributed by atoms with Crippen molar-refractivity contribution >= 4 is 33.3 Å². The average molecular weight is 555 g/mol. The number of rotatable bonds is 4. The number of hydrogen-bond acceptors (Lipinski definition) is 5. The molecule has 208 valence electrons. The fourth-order valence-electron chi connectivity index (χ4n) is 6.23. The van der Waals surface area contributed by atoms with E-state index >= 15 is 0 Å². The fourth-order valence-corrected chi connectivity index (χ4v) is 7.46. The number of nitrogens with zero attached hydrogens (tertiary/aromatic N) is 4. The van der Waals surface area contributed by atoms with Crippen LogP contribution in [0.5, 0.6) is 0 Å². The Balaban J connectivity index is 1.29. The minimum atomic E-state index is -2.65. The van der Waals surface area contributed by atoms with Crippen LogP contribution >= 0.6 is 10.6 Å². The van der Waals surface area contributed by atoms with Gasteiger partial charge in [0.05, 0.1) is 17.0 Å². The van der Waals surface area contributed by atoms with Gasteiger partial charge in [-0.2, -0.15) is 10.6 Å². The molecule has 1 aliphatic carbocycles. The second-order valence-corrected chi connectivity index (χ2v) is 13.3. The summed E-state index contributed by atoms with van der Waals surface area (Å²) in [5.41, 5.74) is 2.13. The van der Waals surface area contributed by atoms with Crippen molar-refractivity contribution in [2.24, 2.45) is 0 Å². The van der Waals surface area contributed by atoms with E-state index in [2.05, 4.69) is 4.90 Å². The number of amides is 2. The number of piperazine rings is 1. The summed E-state index contributed by atoms with van der Waals surface area (Å²) in [6, 6.07) is 13.9. The number of fused-ring (bicyclic) bond motifs is 1. The van der Waals surface area contributed by atoms with E-state index in [9.17, 15) is 23.1 Å². The van der Waals surface area contributed by atoms with E-state index in [4.69, 9.17) is 0 Å². The standard InChI is InChI=1S/C29H35FN4O4S/c30-23-4-3-7-25(20-23)34-26-9-8-21(28(35)32-12-10-31(11-13-32)24-5-1-2-6-24)18-22(26)19-27(34)29(36)33-14-16-39(37,38)17-15-33/h3-4,7-9,18-20,24,37-38H,1-2,5-6,10-17H2. The third kappa shape index (κ3) is 5.30. The first-order valence-electron chi connectivity index (χ1n) is 13.8. The molecule has 8 nitrogen and oxygen atoms in total. The van der Waals surface area contributed by atoms with Crippen LogP contribution in [0, 0.1) is 5.82 Å². The third-order valence-corrected chi connectivity index (χ3v) is 10.1. The molecular formula is C29H35FN4O4S. The van der Waals surface area contributed by atoms with E-state index in [1.54, 1.807) is 33.7 Å². The summed E-state index contributed by atoms with van der Waals surface area (Å²) < 4.78 is 35.9. The SMILES string of the molecule is O=C(c1ccc2c(c1)cc(C(=O)N1CCS(O)(O)CC1)n2-c1cccc(F)c1)N1CCN(C2CCCC2)CC1. The third-order valence-electron chi connectivity index (χ3n) is 8.44. The highest BCUT2D eigenvalue weighted by molar-refractivity contribution is 8.24. The molecule has 3 aromatic rings. The van der Waals surface area contributed by atoms with E-state index in [-0.39, 0.29) is 36.4 Å². The van der Waals surface area contributed by atoms with Gasteiger partial charge < -0.3 is 14.4 Å². The molecule has 0 radical (unpaired) electrons.